The molecule has 0 amide bonds. The van der Waals surface area contributed by atoms with E-state index in [2.05, 4.69) is 20.0 Å². The lowest BCUT2D eigenvalue weighted by Crippen LogP contribution is -1.96. The molecule has 0 aliphatic heterocycles. The zero-order valence-corrected chi connectivity index (χ0v) is 14.7. The van der Waals surface area contributed by atoms with Crippen molar-refractivity contribution >= 4 is 45.2 Å². The minimum absolute atomic E-state index is 0.434. The van der Waals surface area contributed by atoms with Gasteiger partial charge in [0.05, 0.1) is 13.1 Å². The van der Waals surface area contributed by atoms with E-state index in [1.165, 1.54) is 35.3 Å². The number of hydrogen-bond acceptors (Lipinski definition) is 6. The van der Waals surface area contributed by atoms with Crippen LogP contribution in [0.3, 0.4) is 0 Å². The molecule has 8 nitrogen and oxygen atoms in total. The first-order chi connectivity index (χ1) is 12.3. The van der Waals surface area contributed by atoms with Crippen LogP contribution < -0.4 is 0 Å². The molecule has 0 radical (unpaired) electrons. The van der Waals surface area contributed by atoms with Crippen LogP contribution in [0.15, 0.2) is 20.0 Å². The second-order valence-electron chi connectivity index (χ2n) is 4.86. The molecule has 9 heteroatoms. The molecule has 0 heterocycles. The fourth-order valence-corrected chi connectivity index (χ4v) is 2.81. The number of nitrogens with zero attached hydrogens (tertiary/aromatic N) is 4. The fraction of sp³-hybridized carbons (Fsp3) is 0.625. The highest BCUT2D eigenvalue weighted by Gasteiger charge is 2.00. The number of aliphatic imine (C=N–C) groups is 4. The molecule has 0 aromatic carbocycles. The summed E-state index contributed by atoms with van der Waals surface area (Å²) in [7, 11) is 1.18. The first-order valence-electron chi connectivity index (χ1n) is 7.91. The third kappa shape index (κ3) is 14.8. The molecule has 0 saturated carbocycles. The van der Waals surface area contributed by atoms with Gasteiger partial charge in [0, 0.05) is 12.8 Å². The topological polar surface area (TPSA) is 118 Å². The van der Waals surface area contributed by atoms with Crippen LogP contribution in [0.1, 0.15) is 51.4 Å². The molecule has 0 N–H and O–H groups in total. The van der Waals surface area contributed by atoms with Crippen LogP contribution in [-0.4, -0.2) is 47.4 Å². The molecule has 0 bridgehead atoms. The van der Waals surface area contributed by atoms with E-state index in [0.29, 0.717) is 35.9 Å². The Balaban J connectivity index is 4.69. The largest absolute Gasteiger partial charge is 0.241 e. The Hall–Kier alpha value is -2.52. The third-order valence-electron chi connectivity index (χ3n) is 3.03. The van der Waals surface area contributed by atoms with E-state index in [1.54, 1.807) is 0 Å². The molecule has 0 spiro atoms. The Morgan fingerprint density at radius 3 is 1.40 bits per heavy atom. The molecule has 0 unspecified atom stereocenters. The maximum absolute atomic E-state index is 10.5. The monoisotopic (exact) mass is 364 g/mol. The average molecular weight is 364 g/mol. The SMILES string of the molecule is O=C=NCCCCCC(N=C=O)=S=C(CCCCCN=C=O)N=C=O. The van der Waals surface area contributed by atoms with Crippen LogP contribution in [0.2, 0.25) is 0 Å². The van der Waals surface area contributed by atoms with Crippen LogP contribution in [0.4, 0.5) is 0 Å². The van der Waals surface area contributed by atoms with Gasteiger partial charge >= 0.3 is 0 Å². The first-order valence-corrected chi connectivity index (χ1v) is 8.72. The summed E-state index contributed by atoms with van der Waals surface area (Å²) in [5, 5.41) is 0. The van der Waals surface area contributed by atoms with Gasteiger partial charge in [-0.3, -0.25) is 0 Å². The highest BCUT2D eigenvalue weighted by atomic mass is 32.1. The van der Waals surface area contributed by atoms with E-state index in [4.69, 9.17) is 0 Å². The lowest BCUT2D eigenvalue weighted by molar-refractivity contribution is 0.560. The van der Waals surface area contributed by atoms with Crippen molar-refractivity contribution < 1.29 is 19.2 Å². The molecule has 0 aliphatic carbocycles. The lowest BCUT2D eigenvalue weighted by atomic mass is 10.2. The molecule has 0 rings (SSSR count). The van der Waals surface area contributed by atoms with E-state index >= 15 is 0 Å². The van der Waals surface area contributed by atoms with Crippen molar-refractivity contribution in [2.75, 3.05) is 13.1 Å². The molecule has 0 aliphatic rings. The predicted molar refractivity (Wildman–Crippen MR) is 96.8 cm³/mol. The van der Waals surface area contributed by atoms with Crippen molar-refractivity contribution in [1.29, 1.82) is 0 Å². The van der Waals surface area contributed by atoms with Crippen molar-refractivity contribution in [2.45, 2.75) is 51.4 Å². The number of unbranched alkanes of at least 4 members (excludes halogenated alkanes) is 4. The normalized spacial score (nSPS) is 8.80. The second kappa shape index (κ2) is 17.8. The molecule has 0 aromatic rings. The predicted octanol–water partition coefficient (Wildman–Crippen LogP) is 2.44. The Morgan fingerprint density at radius 1 is 0.600 bits per heavy atom. The molecular formula is C16H20N4O4S. The zero-order chi connectivity index (χ0) is 18.6. The Morgan fingerprint density at radius 2 is 1.04 bits per heavy atom. The summed E-state index contributed by atoms with van der Waals surface area (Å²) in [6.07, 6.45) is 11.8. The zero-order valence-electron chi connectivity index (χ0n) is 13.9. The molecule has 25 heavy (non-hydrogen) atoms. The second-order valence-corrected chi connectivity index (χ2v) is 6.01. The standard InChI is InChI=1S/C16H20N4O4S/c21-11-17-9-5-1-3-7-15(19-13-23)25-16(20-14-24)8-4-2-6-10-18-12-22/h1-10H2. The molecule has 0 atom stereocenters. The minimum atomic E-state index is 0.434. The first kappa shape index (κ1) is 22.5. The number of hydrogen-bond donors (Lipinski definition) is 0. The van der Waals surface area contributed by atoms with Gasteiger partial charge in [0.1, 0.15) is 9.98 Å². The van der Waals surface area contributed by atoms with Gasteiger partial charge in [0.15, 0.2) is 0 Å². The Bertz CT molecular complexity index is 606. The summed E-state index contributed by atoms with van der Waals surface area (Å²) >= 11 is 0. The quantitative estimate of drug-likeness (QED) is 0.229. The van der Waals surface area contributed by atoms with Gasteiger partial charge in [-0.25, -0.2) is 29.2 Å². The molecule has 0 aromatic heterocycles. The molecule has 134 valence electrons. The summed E-state index contributed by atoms with van der Waals surface area (Å²) in [6.45, 7) is 0.869. The summed E-state index contributed by atoms with van der Waals surface area (Å²) in [5.41, 5.74) is 0. The van der Waals surface area contributed by atoms with Crippen LogP contribution in [-0.2, 0) is 19.2 Å². The number of carbonyl (C=O) groups excluding carboxylic acids is 4. The maximum Gasteiger partial charge on any atom is 0.241 e. The average Bonchev–Trinajstić information content (AvgIpc) is 2.61. The van der Waals surface area contributed by atoms with Crippen LogP contribution in [0.25, 0.3) is 0 Å². The summed E-state index contributed by atoms with van der Waals surface area (Å²) < 4.78 is 0. The van der Waals surface area contributed by atoms with Crippen LogP contribution in [0.5, 0.6) is 0 Å². The highest BCUT2D eigenvalue weighted by Crippen LogP contribution is 2.08. The summed E-state index contributed by atoms with van der Waals surface area (Å²) in [4.78, 5) is 56.3. The molecule has 0 fully saturated rings. The Kier molecular flexibility index (Phi) is 16.0. The van der Waals surface area contributed by atoms with E-state index in [0.717, 1.165) is 38.5 Å². The lowest BCUT2D eigenvalue weighted by Gasteiger charge is -1.99. The van der Waals surface area contributed by atoms with Crippen molar-refractivity contribution in [2.24, 2.45) is 20.0 Å². The minimum Gasteiger partial charge on any atom is -0.211 e. The van der Waals surface area contributed by atoms with Gasteiger partial charge in [-0.05, 0) is 25.7 Å². The van der Waals surface area contributed by atoms with Gasteiger partial charge in [0.25, 0.3) is 0 Å². The van der Waals surface area contributed by atoms with Crippen molar-refractivity contribution in [3.05, 3.63) is 0 Å². The van der Waals surface area contributed by atoms with Gasteiger partial charge in [-0.2, -0.15) is 9.98 Å². The van der Waals surface area contributed by atoms with Crippen molar-refractivity contribution in [3.63, 3.8) is 0 Å². The maximum atomic E-state index is 10.5. The van der Waals surface area contributed by atoms with E-state index < -0.39 is 0 Å². The number of rotatable bonds is 12. The van der Waals surface area contributed by atoms with Gasteiger partial charge in [-0.15, -0.1) is 10.9 Å². The van der Waals surface area contributed by atoms with Crippen LogP contribution >= 0.6 is 10.9 Å². The van der Waals surface area contributed by atoms with E-state index in [1.807, 2.05) is 0 Å². The fourth-order valence-electron chi connectivity index (χ4n) is 1.88. The van der Waals surface area contributed by atoms with Gasteiger partial charge < -0.3 is 0 Å². The summed E-state index contributed by atoms with van der Waals surface area (Å²) in [6, 6.07) is 0. The Labute approximate surface area is 149 Å². The van der Waals surface area contributed by atoms with Crippen molar-refractivity contribution in [3.8, 4) is 0 Å². The van der Waals surface area contributed by atoms with E-state index in [-0.39, 0.29) is 0 Å². The number of isocyanates is 4. The highest BCUT2D eigenvalue weighted by molar-refractivity contribution is 7.98. The van der Waals surface area contributed by atoms with Gasteiger partial charge in [0.2, 0.25) is 24.3 Å². The molecular weight excluding hydrogens is 344 g/mol. The van der Waals surface area contributed by atoms with E-state index in [9.17, 15) is 19.2 Å². The molecule has 0 saturated heterocycles. The van der Waals surface area contributed by atoms with Crippen LogP contribution in [0, 0.1) is 0 Å². The smallest absolute Gasteiger partial charge is 0.211 e. The third-order valence-corrected chi connectivity index (χ3v) is 4.09. The summed E-state index contributed by atoms with van der Waals surface area (Å²) in [5.74, 6) is 0. The van der Waals surface area contributed by atoms with Crippen molar-refractivity contribution in [1.82, 2.24) is 0 Å². The van der Waals surface area contributed by atoms with Gasteiger partial charge in [-0.1, -0.05) is 12.8 Å².